The summed E-state index contributed by atoms with van der Waals surface area (Å²) in [4.78, 5) is 19.5. The zero-order valence-corrected chi connectivity index (χ0v) is 13.3. The average Bonchev–Trinajstić information content (AvgIpc) is 2.53. The molecule has 4 nitrogen and oxygen atoms in total. The van der Waals surface area contributed by atoms with Crippen LogP contribution >= 0.6 is 0 Å². The minimum atomic E-state index is -0.175. The maximum atomic E-state index is 11.7. The molecule has 4 heteroatoms. The van der Waals surface area contributed by atoms with Crippen LogP contribution in [0, 0.1) is 0 Å². The van der Waals surface area contributed by atoms with Crippen molar-refractivity contribution in [3.8, 4) is 0 Å². The predicted octanol–water partition coefficient (Wildman–Crippen LogP) is 4.13. The summed E-state index contributed by atoms with van der Waals surface area (Å²) >= 11 is 0. The highest BCUT2D eigenvalue weighted by atomic mass is 16.2. The average molecular weight is 291 g/mol. The number of hydrogen-bond acceptors (Lipinski definition) is 3. The van der Waals surface area contributed by atoms with Crippen molar-refractivity contribution >= 4 is 5.91 Å². The first-order chi connectivity index (χ1) is 10.3. The Labute approximate surface area is 128 Å². The number of nitrogens with zero attached hydrogens (tertiary/aromatic N) is 2. The molecule has 118 valence electrons. The number of nitrogens with one attached hydrogen (secondary N) is 1. The van der Waals surface area contributed by atoms with Gasteiger partial charge in [0.15, 0.2) is 0 Å². The summed E-state index contributed by atoms with van der Waals surface area (Å²) in [6.07, 6.45) is 16.2. The number of carbonyl (C=O) groups excluding carboxylic acids is 1. The maximum absolute atomic E-state index is 11.7. The highest BCUT2D eigenvalue weighted by Crippen LogP contribution is 2.10. The lowest BCUT2D eigenvalue weighted by atomic mass is 10.1. The fraction of sp³-hybridized carbons (Fsp3) is 0.706. The Morgan fingerprint density at radius 1 is 0.905 bits per heavy atom. The van der Waals surface area contributed by atoms with Crippen molar-refractivity contribution in [3.05, 3.63) is 24.3 Å². The Morgan fingerprint density at radius 3 is 2.00 bits per heavy atom. The van der Waals surface area contributed by atoms with Gasteiger partial charge in [0.25, 0.3) is 5.91 Å². The summed E-state index contributed by atoms with van der Waals surface area (Å²) < 4.78 is 0. The number of amides is 1. The third-order valence-electron chi connectivity index (χ3n) is 3.58. The molecule has 0 aliphatic carbocycles. The number of carbonyl (C=O) groups is 1. The van der Waals surface area contributed by atoms with Crippen LogP contribution in [0.5, 0.6) is 0 Å². The Morgan fingerprint density at radius 2 is 1.43 bits per heavy atom. The molecule has 0 saturated carbocycles. The van der Waals surface area contributed by atoms with Crippen molar-refractivity contribution in [2.45, 2.75) is 71.1 Å². The third kappa shape index (κ3) is 9.16. The van der Waals surface area contributed by atoms with E-state index in [1.165, 1.54) is 57.8 Å². The molecule has 0 fully saturated rings. The van der Waals surface area contributed by atoms with E-state index in [1.54, 1.807) is 18.5 Å². The van der Waals surface area contributed by atoms with E-state index in [0.717, 1.165) is 6.42 Å². The second-order valence-electron chi connectivity index (χ2n) is 5.51. The summed E-state index contributed by atoms with van der Waals surface area (Å²) in [7, 11) is 0. The number of unbranched alkanes of at least 4 members (excludes halogenated alkanes) is 9. The molecular weight excluding hydrogens is 262 g/mol. The van der Waals surface area contributed by atoms with Gasteiger partial charge in [-0.3, -0.25) is 4.79 Å². The van der Waals surface area contributed by atoms with Crippen LogP contribution < -0.4 is 5.32 Å². The van der Waals surface area contributed by atoms with Gasteiger partial charge in [-0.15, -0.1) is 0 Å². The molecule has 1 aromatic rings. The van der Waals surface area contributed by atoms with Crippen molar-refractivity contribution in [3.63, 3.8) is 0 Å². The Hall–Kier alpha value is -1.45. The molecule has 0 saturated heterocycles. The Bertz CT molecular complexity index is 368. The van der Waals surface area contributed by atoms with Gasteiger partial charge in [-0.25, -0.2) is 9.97 Å². The zero-order chi connectivity index (χ0) is 15.2. The minimum absolute atomic E-state index is 0.175. The summed E-state index contributed by atoms with van der Waals surface area (Å²) in [6, 6.07) is 1.71. The van der Waals surface area contributed by atoms with Gasteiger partial charge in [0.05, 0.1) is 0 Å². The van der Waals surface area contributed by atoms with Crippen LogP contribution in [0.15, 0.2) is 18.5 Å². The van der Waals surface area contributed by atoms with Crippen LogP contribution in [-0.2, 0) is 0 Å². The maximum Gasteiger partial charge on any atom is 0.289 e. The number of hydrogen-bond donors (Lipinski definition) is 1. The molecule has 0 spiro atoms. The molecule has 1 aromatic heterocycles. The van der Waals surface area contributed by atoms with Crippen molar-refractivity contribution in [1.29, 1.82) is 0 Å². The summed E-state index contributed by atoms with van der Waals surface area (Å²) in [5, 5.41) is 2.86. The quantitative estimate of drug-likeness (QED) is 0.589. The number of aromatic nitrogens is 2. The SMILES string of the molecule is CCCCCCCCCCCCNC(=O)c1ncccn1. The molecule has 21 heavy (non-hydrogen) atoms. The molecule has 0 unspecified atom stereocenters. The van der Waals surface area contributed by atoms with Gasteiger partial charge >= 0.3 is 0 Å². The molecular formula is C17H29N3O. The van der Waals surface area contributed by atoms with Crippen LogP contribution in [0.25, 0.3) is 0 Å². The van der Waals surface area contributed by atoms with Gasteiger partial charge in [-0.1, -0.05) is 64.7 Å². The Kier molecular flexibility index (Phi) is 10.3. The lowest BCUT2D eigenvalue weighted by molar-refractivity contribution is 0.0942. The molecule has 0 aromatic carbocycles. The van der Waals surface area contributed by atoms with E-state index < -0.39 is 0 Å². The summed E-state index contributed by atoms with van der Waals surface area (Å²) in [5.41, 5.74) is 0. The van der Waals surface area contributed by atoms with Gasteiger partial charge in [-0.05, 0) is 12.5 Å². The van der Waals surface area contributed by atoms with E-state index in [4.69, 9.17) is 0 Å². The van der Waals surface area contributed by atoms with E-state index in [1.807, 2.05) is 0 Å². The largest absolute Gasteiger partial charge is 0.349 e. The van der Waals surface area contributed by atoms with Gasteiger partial charge in [0.2, 0.25) is 5.82 Å². The van der Waals surface area contributed by atoms with Crippen LogP contribution in [0.1, 0.15) is 81.8 Å². The molecule has 1 rings (SSSR count). The second-order valence-corrected chi connectivity index (χ2v) is 5.51. The first-order valence-corrected chi connectivity index (χ1v) is 8.40. The van der Waals surface area contributed by atoms with E-state index in [0.29, 0.717) is 6.54 Å². The van der Waals surface area contributed by atoms with Gasteiger partial charge in [-0.2, -0.15) is 0 Å². The first kappa shape index (κ1) is 17.6. The van der Waals surface area contributed by atoms with Crippen LogP contribution in [0.3, 0.4) is 0 Å². The van der Waals surface area contributed by atoms with Crippen LogP contribution in [0.4, 0.5) is 0 Å². The fourth-order valence-electron chi connectivity index (χ4n) is 2.31. The smallest absolute Gasteiger partial charge is 0.289 e. The third-order valence-corrected chi connectivity index (χ3v) is 3.58. The van der Waals surface area contributed by atoms with Crippen molar-refractivity contribution in [2.24, 2.45) is 0 Å². The first-order valence-electron chi connectivity index (χ1n) is 8.40. The topological polar surface area (TPSA) is 54.9 Å². The summed E-state index contributed by atoms with van der Waals surface area (Å²) in [6.45, 7) is 2.97. The van der Waals surface area contributed by atoms with Crippen LogP contribution in [-0.4, -0.2) is 22.4 Å². The monoisotopic (exact) mass is 291 g/mol. The van der Waals surface area contributed by atoms with Gasteiger partial charge < -0.3 is 5.32 Å². The van der Waals surface area contributed by atoms with Crippen molar-refractivity contribution in [1.82, 2.24) is 15.3 Å². The van der Waals surface area contributed by atoms with Gasteiger partial charge in [0, 0.05) is 18.9 Å². The standard InChI is InChI=1S/C17H29N3O/c1-2-3-4-5-6-7-8-9-10-11-13-20-17(21)16-18-14-12-15-19-16/h12,14-15H,2-11,13H2,1H3,(H,20,21). The van der Waals surface area contributed by atoms with E-state index in [2.05, 4.69) is 22.2 Å². The molecule has 0 radical (unpaired) electrons. The Balaban J connectivity index is 1.88. The van der Waals surface area contributed by atoms with Crippen molar-refractivity contribution in [2.75, 3.05) is 6.54 Å². The zero-order valence-electron chi connectivity index (χ0n) is 13.3. The van der Waals surface area contributed by atoms with E-state index >= 15 is 0 Å². The normalized spacial score (nSPS) is 10.5. The van der Waals surface area contributed by atoms with Crippen LogP contribution in [0.2, 0.25) is 0 Å². The van der Waals surface area contributed by atoms with Crippen molar-refractivity contribution < 1.29 is 4.79 Å². The second kappa shape index (κ2) is 12.3. The lowest BCUT2D eigenvalue weighted by Gasteiger charge is -2.04. The molecule has 0 bridgehead atoms. The highest BCUT2D eigenvalue weighted by Gasteiger charge is 2.05. The van der Waals surface area contributed by atoms with E-state index in [-0.39, 0.29) is 11.7 Å². The van der Waals surface area contributed by atoms with Gasteiger partial charge in [0.1, 0.15) is 0 Å². The highest BCUT2D eigenvalue weighted by molar-refractivity contribution is 5.90. The number of rotatable bonds is 12. The molecule has 1 heterocycles. The lowest BCUT2D eigenvalue weighted by Crippen LogP contribution is -2.26. The fourth-order valence-corrected chi connectivity index (χ4v) is 2.31. The molecule has 0 aliphatic rings. The minimum Gasteiger partial charge on any atom is -0.349 e. The predicted molar refractivity (Wildman–Crippen MR) is 86.2 cm³/mol. The van der Waals surface area contributed by atoms with E-state index in [9.17, 15) is 4.79 Å². The molecule has 1 amide bonds. The molecule has 1 N–H and O–H groups in total. The molecule has 0 aliphatic heterocycles. The summed E-state index contributed by atoms with van der Waals surface area (Å²) in [5.74, 6) is 0.0797. The molecule has 0 atom stereocenters.